The van der Waals surface area contributed by atoms with Gasteiger partial charge in [-0.25, -0.2) is 13.6 Å². The Labute approximate surface area is 99.9 Å². The van der Waals surface area contributed by atoms with Crippen LogP contribution in [0.3, 0.4) is 0 Å². The molecule has 0 atom stereocenters. The lowest BCUT2D eigenvalue weighted by atomic mass is 10.3. The molecule has 2 N–H and O–H groups in total. The summed E-state index contributed by atoms with van der Waals surface area (Å²) in [4.78, 5) is 2.30. The molecule has 1 aromatic carbocycles. The number of rotatable bonds is 2. The smallest absolute Gasteiger partial charge is 0.240 e. The third-order valence-corrected chi connectivity index (χ3v) is 4.42. The molecule has 0 aliphatic carbocycles. The quantitative estimate of drug-likeness (QED) is 0.855. The maximum Gasteiger partial charge on any atom is 0.240 e. The summed E-state index contributed by atoms with van der Waals surface area (Å²) < 4.78 is 22.9. The third kappa shape index (κ3) is 2.50. The number of hydrogen-bond donors (Lipinski definition) is 1. The van der Waals surface area contributed by atoms with Crippen molar-refractivity contribution in [1.82, 2.24) is 0 Å². The van der Waals surface area contributed by atoms with Crippen molar-refractivity contribution in [1.29, 1.82) is 0 Å². The van der Waals surface area contributed by atoms with E-state index in [0.29, 0.717) is 0 Å². The van der Waals surface area contributed by atoms with Crippen molar-refractivity contribution in [2.45, 2.75) is 4.90 Å². The Morgan fingerprint density at radius 2 is 1.81 bits per heavy atom. The number of nitrogens with zero attached hydrogens (tertiary/aromatic N) is 1. The lowest BCUT2D eigenvalue weighted by Crippen LogP contribution is -2.34. The van der Waals surface area contributed by atoms with E-state index in [0.717, 1.165) is 30.3 Å². The Bertz CT molecular complexity index is 467. The normalized spacial score (nSPS) is 17.4. The molecular weight excluding hydrogens is 244 g/mol. The summed E-state index contributed by atoms with van der Waals surface area (Å²) in [5.74, 6) is 2.05. The Morgan fingerprint density at radius 3 is 2.44 bits per heavy atom. The zero-order valence-corrected chi connectivity index (χ0v) is 10.4. The van der Waals surface area contributed by atoms with Gasteiger partial charge in [-0.3, -0.25) is 0 Å². The number of benzene rings is 1. The molecule has 1 aromatic rings. The average molecular weight is 258 g/mol. The van der Waals surface area contributed by atoms with E-state index in [9.17, 15) is 8.42 Å². The van der Waals surface area contributed by atoms with Gasteiger partial charge in [0.05, 0.1) is 5.69 Å². The van der Waals surface area contributed by atoms with Crippen molar-refractivity contribution in [2.75, 3.05) is 29.5 Å². The molecule has 0 amide bonds. The van der Waals surface area contributed by atoms with Crippen LogP contribution in [-0.2, 0) is 10.0 Å². The summed E-state index contributed by atoms with van der Waals surface area (Å²) in [6.07, 6.45) is 0. The molecule has 1 saturated heterocycles. The standard InChI is InChI=1S/C10H14N2O2S2/c11-16(13,14)10-4-2-1-3-9(10)12-5-7-15-8-6-12/h1-4H,5-8H2,(H2,11,13,14). The lowest BCUT2D eigenvalue weighted by molar-refractivity contribution is 0.597. The highest BCUT2D eigenvalue weighted by Gasteiger charge is 2.19. The van der Waals surface area contributed by atoms with Gasteiger partial charge in [0, 0.05) is 24.6 Å². The first kappa shape index (κ1) is 11.8. The molecule has 1 fully saturated rings. The van der Waals surface area contributed by atoms with Crippen molar-refractivity contribution in [3.8, 4) is 0 Å². The van der Waals surface area contributed by atoms with E-state index in [1.165, 1.54) is 0 Å². The molecule has 16 heavy (non-hydrogen) atoms. The molecule has 0 radical (unpaired) electrons. The van der Waals surface area contributed by atoms with Crippen LogP contribution in [0.15, 0.2) is 29.2 Å². The minimum absolute atomic E-state index is 0.224. The van der Waals surface area contributed by atoms with Crippen LogP contribution in [0.5, 0.6) is 0 Å². The molecule has 1 aliphatic heterocycles. The van der Waals surface area contributed by atoms with Crippen LogP contribution in [0.1, 0.15) is 0 Å². The number of thioether (sulfide) groups is 1. The molecule has 2 rings (SSSR count). The van der Waals surface area contributed by atoms with Gasteiger partial charge in [0.25, 0.3) is 0 Å². The molecule has 0 unspecified atom stereocenters. The first-order chi connectivity index (χ1) is 7.59. The molecule has 1 aliphatic rings. The number of nitrogens with two attached hydrogens (primary N) is 1. The second-order valence-corrected chi connectivity index (χ2v) is 6.37. The van der Waals surface area contributed by atoms with Crippen LogP contribution in [0.25, 0.3) is 0 Å². The molecule has 0 saturated carbocycles. The van der Waals surface area contributed by atoms with Crippen molar-refractivity contribution >= 4 is 27.5 Å². The van der Waals surface area contributed by atoms with Crippen LogP contribution in [-0.4, -0.2) is 33.0 Å². The first-order valence-electron chi connectivity index (χ1n) is 5.03. The molecule has 0 bridgehead atoms. The van der Waals surface area contributed by atoms with Gasteiger partial charge in [0.2, 0.25) is 10.0 Å². The Hall–Kier alpha value is -0.720. The second-order valence-electron chi connectivity index (χ2n) is 3.61. The van der Waals surface area contributed by atoms with Crippen molar-refractivity contribution in [3.63, 3.8) is 0 Å². The van der Waals surface area contributed by atoms with Crippen LogP contribution in [0, 0.1) is 0 Å². The van der Waals surface area contributed by atoms with E-state index < -0.39 is 10.0 Å². The van der Waals surface area contributed by atoms with E-state index in [2.05, 4.69) is 4.90 Å². The minimum atomic E-state index is -3.63. The molecule has 0 spiro atoms. The van der Waals surface area contributed by atoms with Crippen LogP contribution >= 0.6 is 11.8 Å². The Morgan fingerprint density at radius 1 is 1.19 bits per heavy atom. The number of hydrogen-bond acceptors (Lipinski definition) is 4. The summed E-state index contributed by atoms with van der Waals surface area (Å²) in [5, 5.41) is 5.20. The van der Waals surface area contributed by atoms with Gasteiger partial charge in [0.15, 0.2) is 0 Å². The van der Waals surface area contributed by atoms with Crippen LogP contribution in [0.4, 0.5) is 5.69 Å². The first-order valence-corrected chi connectivity index (χ1v) is 7.73. The van der Waals surface area contributed by atoms with Gasteiger partial charge in [-0.1, -0.05) is 12.1 Å². The number of anilines is 1. The fraction of sp³-hybridized carbons (Fsp3) is 0.400. The van der Waals surface area contributed by atoms with Crippen molar-refractivity contribution < 1.29 is 8.42 Å². The van der Waals surface area contributed by atoms with Crippen LogP contribution in [0.2, 0.25) is 0 Å². The highest BCUT2D eigenvalue weighted by atomic mass is 32.2. The van der Waals surface area contributed by atoms with Gasteiger partial charge in [0.1, 0.15) is 4.90 Å². The maximum absolute atomic E-state index is 11.4. The number of primary sulfonamides is 1. The fourth-order valence-electron chi connectivity index (χ4n) is 1.76. The molecule has 6 heteroatoms. The minimum Gasteiger partial charge on any atom is -0.369 e. The fourth-order valence-corrected chi connectivity index (χ4v) is 3.42. The van der Waals surface area contributed by atoms with E-state index in [1.54, 1.807) is 12.1 Å². The van der Waals surface area contributed by atoms with Gasteiger partial charge < -0.3 is 4.90 Å². The molecule has 1 heterocycles. The van der Waals surface area contributed by atoms with E-state index >= 15 is 0 Å². The van der Waals surface area contributed by atoms with Gasteiger partial charge in [-0.05, 0) is 12.1 Å². The maximum atomic E-state index is 11.4. The Kier molecular flexibility index (Phi) is 3.41. The van der Waals surface area contributed by atoms with Crippen LogP contribution < -0.4 is 10.0 Å². The monoisotopic (exact) mass is 258 g/mol. The summed E-state index contributed by atoms with van der Waals surface area (Å²) >= 11 is 1.88. The summed E-state index contributed by atoms with van der Waals surface area (Å²) in [6, 6.07) is 6.91. The molecule has 4 nitrogen and oxygen atoms in total. The lowest BCUT2D eigenvalue weighted by Gasteiger charge is -2.29. The predicted octanol–water partition coefficient (Wildman–Crippen LogP) is 0.887. The summed E-state index contributed by atoms with van der Waals surface area (Å²) in [6.45, 7) is 1.74. The largest absolute Gasteiger partial charge is 0.369 e. The van der Waals surface area contributed by atoms with Gasteiger partial charge >= 0.3 is 0 Å². The highest BCUT2D eigenvalue weighted by Crippen LogP contribution is 2.26. The molecular formula is C10H14N2O2S2. The van der Waals surface area contributed by atoms with Crippen molar-refractivity contribution in [2.24, 2.45) is 5.14 Å². The zero-order chi connectivity index (χ0) is 11.6. The number of sulfonamides is 1. The zero-order valence-electron chi connectivity index (χ0n) is 8.80. The van der Waals surface area contributed by atoms with Crippen molar-refractivity contribution in [3.05, 3.63) is 24.3 Å². The summed E-state index contributed by atoms with van der Waals surface area (Å²) in [7, 11) is -3.63. The average Bonchev–Trinajstić information content (AvgIpc) is 2.29. The second kappa shape index (κ2) is 4.65. The topological polar surface area (TPSA) is 63.4 Å². The van der Waals surface area contributed by atoms with E-state index in [4.69, 9.17) is 5.14 Å². The molecule has 88 valence electrons. The number of para-hydroxylation sites is 1. The van der Waals surface area contributed by atoms with E-state index in [1.807, 2.05) is 23.9 Å². The van der Waals surface area contributed by atoms with E-state index in [-0.39, 0.29) is 4.90 Å². The molecule has 0 aromatic heterocycles. The Balaban J connectivity index is 2.40. The highest BCUT2D eigenvalue weighted by molar-refractivity contribution is 7.99. The summed E-state index contributed by atoms with van der Waals surface area (Å²) in [5.41, 5.74) is 0.727. The van der Waals surface area contributed by atoms with Gasteiger partial charge in [-0.15, -0.1) is 0 Å². The predicted molar refractivity (Wildman–Crippen MR) is 67.4 cm³/mol. The third-order valence-electron chi connectivity index (χ3n) is 2.52. The van der Waals surface area contributed by atoms with Gasteiger partial charge in [-0.2, -0.15) is 11.8 Å². The SMILES string of the molecule is NS(=O)(=O)c1ccccc1N1CCSCC1.